The smallest absolute Gasteiger partial charge is 0.287 e. The van der Waals surface area contributed by atoms with Crippen molar-refractivity contribution in [3.05, 3.63) is 71.5 Å². The average molecular weight is 405 g/mol. The molecule has 0 aliphatic heterocycles. The van der Waals surface area contributed by atoms with Crippen LogP contribution in [0.4, 0.5) is 5.69 Å². The number of aromatic nitrogens is 1. The van der Waals surface area contributed by atoms with Crippen molar-refractivity contribution in [1.82, 2.24) is 10.3 Å². The lowest BCUT2D eigenvalue weighted by atomic mass is 10.1. The Morgan fingerprint density at radius 1 is 1.00 bits per heavy atom. The molecule has 0 atom stereocenters. The van der Waals surface area contributed by atoms with Crippen LogP contribution in [0.25, 0.3) is 21.0 Å². The lowest BCUT2D eigenvalue weighted by Gasteiger charge is -2.11. The number of aryl methyl sites for hydroxylation is 2. The molecule has 2 heterocycles. The van der Waals surface area contributed by atoms with Gasteiger partial charge >= 0.3 is 0 Å². The van der Waals surface area contributed by atoms with Crippen LogP contribution in [-0.2, 0) is 4.79 Å². The van der Waals surface area contributed by atoms with Crippen LogP contribution in [0, 0.1) is 13.8 Å². The fourth-order valence-electron chi connectivity index (χ4n) is 3.00. The van der Waals surface area contributed by atoms with E-state index in [0.29, 0.717) is 10.8 Å². The van der Waals surface area contributed by atoms with Crippen LogP contribution >= 0.6 is 11.3 Å². The molecule has 2 N–H and O–H groups in total. The van der Waals surface area contributed by atoms with E-state index in [1.54, 1.807) is 12.1 Å². The topological polar surface area (TPSA) is 84.2 Å². The van der Waals surface area contributed by atoms with Crippen molar-refractivity contribution >= 4 is 39.1 Å². The zero-order valence-corrected chi connectivity index (χ0v) is 16.8. The summed E-state index contributed by atoms with van der Waals surface area (Å²) in [6, 6.07) is 16.9. The third-order valence-electron chi connectivity index (χ3n) is 4.49. The van der Waals surface area contributed by atoms with Crippen LogP contribution < -0.4 is 10.6 Å². The first-order valence-electron chi connectivity index (χ1n) is 9.11. The minimum atomic E-state index is -0.450. The SMILES string of the molecule is Cc1cccc(C)c1NC(=O)CNC(=O)c1ccc(-c2nc3ccccc3s2)o1. The van der Waals surface area contributed by atoms with Gasteiger partial charge in [0.2, 0.25) is 5.91 Å². The van der Waals surface area contributed by atoms with Crippen LogP contribution in [0.2, 0.25) is 0 Å². The van der Waals surface area contributed by atoms with Crippen molar-refractivity contribution in [2.75, 3.05) is 11.9 Å². The van der Waals surface area contributed by atoms with Gasteiger partial charge in [-0.05, 0) is 49.2 Å². The van der Waals surface area contributed by atoms with E-state index in [1.165, 1.54) is 11.3 Å². The standard InChI is InChI=1S/C22H19N3O3S/c1-13-6-5-7-14(2)20(13)25-19(26)12-23-21(27)16-10-11-17(28-16)22-24-15-8-3-4-9-18(15)29-22/h3-11H,12H2,1-2H3,(H,23,27)(H,25,26). The highest BCUT2D eigenvalue weighted by molar-refractivity contribution is 7.21. The molecule has 2 aromatic carbocycles. The summed E-state index contributed by atoms with van der Waals surface area (Å²) in [6.07, 6.45) is 0. The van der Waals surface area contributed by atoms with Crippen molar-refractivity contribution in [2.24, 2.45) is 0 Å². The number of furan rings is 1. The van der Waals surface area contributed by atoms with Gasteiger partial charge in [0.1, 0.15) is 0 Å². The van der Waals surface area contributed by atoms with Crippen LogP contribution in [0.3, 0.4) is 0 Å². The molecule has 0 aliphatic carbocycles. The Hall–Kier alpha value is -3.45. The van der Waals surface area contributed by atoms with Gasteiger partial charge in [-0.1, -0.05) is 30.3 Å². The van der Waals surface area contributed by atoms with Crippen LogP contribution in [-0.4, -0.2) is 23.3 Å². The summed E-state index contributed by atoms with van der Waals surface area (Å²) in [5.74, 6) is -0.0850. The molecule has 146 valence electrons. The zero-order chi connectivity index (χ0) is 20.4. The maximum Gasteiger partial charge on any atom is 0.287 e. The lowest BCUT2D eigenvalue weighted by Crippen LogP contribution is -2.32. The number of carbonyl (C=O) groups is 2. The maximum atomic E-state index is 12.4. The number of carbonyl (C=O) groups excluding carboxylic acids is 2. The molecule has 0 radical (unpaired) electrons. The predicted molar refractivity (Wildman–Crippen MR) is 114 cm³/mol. The number of amides is 2. The van der Waals surface area contributed by atoms with Gasteiger partial charge in [-0.25, -0.2) is 4.98 Å². The summed E-state index contributed by atoms with van der Waals surface area (Å²) in [7, 11) is 0. The minimum absolute atomic E-state index is 0.138. The Labute approximate surface area is 171 Å². The fourth-order valence-corrected chi connectivity index (χ4v) is 3.92. The average Bonchev–Trinajstić information content (AvgIpc) is 3.36. The Morgan fingerprint density at radius 2 is 1.76 bits per heavy atom. The second-order valence-corrected chi connectivity index (χ2v) is 7.68. The fraction of sp³-hybridized carbons (Fsp3) is 0.136. The van der Waals surface area contributed by atoms with Gasteiger partial charge < -0.3 is 15.1 Å². The zero-order valence-electron chi connectivity index (χ0n) is 16.0. The monoisotopic (exact) mass is 405 g/mol. The van der Waals surface area contributed by atoms with Crippen molar-refractivity contribution in [1.29, 1.82) is 0 Å². The molecule has 29 heavy (non-hydrogen) atoms. The van der Waals surface area contributed by atoms with Gasteiger partial charge in [0.05, 0.1) is 16.8 Å². The van der Waals surface area contributed by atoms with E-state index < -0.39 is 5.91 Å². The number of fused-ring (bicyclic) bond motifs is 1. The van der Waals surface area contributed by atoms with E-state index in [1.807, 2.05) is 56.3 Å². The number of nitrogens with one attached hydrogen (secondary N) is 2. The van der Waals surface area contributed by atoms with Crippen LogP contribution in [0.15, 0.2) is 59.0 Å². The molecular formula is C22H19N3O3S. The summed E-state index contributed by atoms with van der Waals surface area (Å²) >= 11 is 1.50. The summed E-state index contributed by atoms with van der Waals surface area (Å²) < 4.78 is 6.70. The molecule has 0 saturated carbocycles. The number of para-hydroxylation sites is 2. The second kappa shape index (κ2) is 7.89. The predicted octanol–water partition coefficient (Wildman–Crippen LogP) is 4.54. The molecule has 0 saturated heterocycles. The highest BCUT2D eigenvalue weighted by atomic mass is 32.1. The molecule has 0 spiro atoms. The van der Waals surface area contributed by atoms with E-state index in [2.05, 4.69) is 15.6 Å². The van der Waals surface area contributed by atoms with Gasteiger partial charge in [0.15, 0.2) is 16.5 Å². The number of hydrogen-bond donors (Lipinski definition) is 2. The molecular weight excluding hydrogens is 386 g/mol. The quantitative estimate of drug-likeness (QED) is 0.510. The summed E-state index contributed by atoms with van der Waals surface area (Å²) in [4.78, 5) is 29.1. The molecule has 0 aliphatic rings. The molecule has 4 rings (SSSR count). The number of hydrogen-bond acceptors (Lipinski definition) is 5. The van der Waals surface area contributed by atoms with E-state index in [9.17, 15) is 9.59 Å². The first kappa shape index (κ1) is 18.9. The second-order valence-electron chi connectivity index (χ2n) is 6.65. The number of nitrogens with zero attached hydrogens (tertiary/aromatic N) is 1. The highest BCUT2D eigenvalue weighted by Gasteiger charge is 2.16. The molecule has 6 nitrogen and oxygen atoms in total. The molecule has 0 bridgehead atoms. The maximum absolute atomic E-state index is 12.4. The third kappa shape index (κ3) is 4.05. The Bertz CT molecular complexity index is 1160. The van der Waals surface area contributed by atoms with E-state index >= 15 is 0 Å². The molecule has 4 aromatic rings. The largest absolute Gasteiger partial charge is 0.448 e. The lowest BCUT2D eigenvalue weighted by molar-refractivity contribution is -0.115. The number of thiazole rings is 1. The number of anilines is 1. The van der Waals surface area contributed by atoms with Gasteiger partial charge in [-0.3, -0.25) is 9.59 Å². The molecule has 2 aromatic heterocycles. The Morgan fingerprint density at radius 3 is 2.52 bits per heavy atom. The normalized spacial score (nSPS) is 10.8. The molecule has 0 unspecified atom stereocenters. The van der Waals surface area contributed by atoms with Crippen LogP contribution in [0.5, 0.6) is 0 Å². The summed E-state index contributed by atoms with van der Waals surface area (Å²) in [6.45, 7) is 3.70. The highest BCUT2D eigenvalue weighted by Crippen LogP contribution is 2.31. The van der Waals surface area contributed by atoms with Crippen LogP contribution in [0.1, 0.15) is 21.7 Å². The first-order valence-corrected chi connectivity index (χ1v) is 9.93. The van der Waals surface area contributed by atoms with Crippen molar-refractivity contribution < 1.29 is 14.0 Å². The van der Waals surface area contributed by atoms with Gasteiger partial charge in [-0.2, -0.15) is 0 Å². The van der Waals surface area contributed by atoms with E-state index in [4.69, 9.17) is 4.42 Å². The van der Waals surface area contributed by atoms with Gasteiger partial charge in [0, 0.05) is 5.69 Å². The van der Waals surface area contributed by atoms with Crippen molar-refractivity contribution in [3.63, 3.8) is 0 Å². The van der Waals surface area contributed by atoms with Gasteiger partial charge in [0.25, 0.3) is 5.91 Å². The number of benzene rings is 2. The van der Waals surface area contributed by atoms with Crippen molar-refractivity contribution in [3.8, 4) is 10.8 Å². The number of rotatable bonds is 5. The van der Waals surface area contributed by atoms with Gasteiger partial charge in [-0.15, -0.1) is 11.3 Å². The first-order chi connectivity index (χ1) is 14.0. The Balaban J connectivity index is 1.40. The summed E-state index contributed by atoms with van der Waals surface area (Å²) in [5.41, 5.74) is 3.59. The van der Waals surface area contributed by atoms with E-state index in [-0.39, 0.29) is 18.2 Å². The van der Waals surface area contributed by atoms with Crippen molar-refractivity contribution in [2.45, 2.75) is 13.8 Å². The Kier molecular flexibility index (Phi) is 5.14. The van der Waals surface area contributed by atoms with E-state index in [0.717, 1.165) is 27.0 Å². The summed E-state index contributed by atoms with van der Waals surface area (Å²) in [5, 5.41) is 6.13. The third-order valence-corrected chi connectivity index (χ3v) is 5.54. The molecule has 7 heteroatoms. The molecule has 2 amide bonds. The molecule has 0 fully saturated rings. The minimum Gasteiger partial charge on any atom is -0.448 e.